The van der Waals surface area contributed by atoms with E-state index in [2.05, 4.69) is 5.32 Å². The average molecular weight is 408 g/mol. The van der Waals surface area contributed by atoms with Crippen LogP contribution in [0.5, 0.6) is 11.5 Å². The van der Waals surface area contributed by atoms with E-state index >= 15 is 0 Å². The molecule has 9 nitrogen and oxygen atoms in total. The fourth-order valence-corrected chi connectivity index (χ4v) is 3.15. The van der Waals surface area contributed by atoms with Gasteiger partial charge in [0.15, 0.2) is 5.75 Å². The summed E-state index contributed by atoms with van der Waals surface area (Å²) in [6.45, 7) is 9.51. The van der Waals surface area contributed by atoms with Crippen LogP contribution in [0.3, 0.4) is 0 Å². The number of amides is 1. The number of alkyl carbamates (subject to hydrolysis) is 1. The van der Waals surface area contributed by atoms with Crippen LogP contribution in [0, 0.1) is 10.1 Å². The molecule has 1 aromatic carbocycles. The minimum absolute atomic E-state index is 0.143. The Morgan fingerprint density at radius 2 is 2.07 bits per heavy atom. The molecule has 2 aliphatic rings. The first-order chi connectivity index (χ1) is 13.4. The van der Waals surface area contributed by atoms with Crippen molar-refractivity contribution < 1.29 is 28.7 Å². The molecule has 0 spiro atoms. The number of hydrogen-bond acceptors (Lipinski definition) is 7. The van der Waals surface area contributed by atoms with Gasteiger partial charge in [0.1, 0.15) is 17.8 Å². The molecule has 0 aromatic heterocycles. The molecule has 1 heterocycles. The minimum atomic E-state index is -0.573. The van der Waals surface area contributed by atoms with Crippen LogP contribution in [0.15, 0.2) is 12.1 Å². The van der Waals surface area contributed by atoms with E-state index < -0.39 is 22.2 Å². The highest BCUT2D eigenvalue weighted by Crippen LogP contribution is 2.43. The van der Waals surface area contributed by atoms with Crippen molar-refractivity contribution in [3.8, 4) is 11.5 Å². The van der Waals surface area contributed by atoms with Crippen molar-refractivity contribution in [1.29, 1.82) is 0 Å². The molecule has 2 atom stereocenters. The van der Waals surface area contributed by atoms with E-state index in [9.17, 15) is 14.9 Å². The predicted molar refractivity (Wildman–Crippen MR) is 104 cm³/mol. The molecule has 29 heavy (non-hydrogen) atoms. The van der Waals surface area contributed by atoms with Crippen molar-refractivity contribution in [2.24, 2.45) is 0 Å². The van der Waals surface area contributed by atoms with Crippen LogP contribution in [0.2, 0.25) is 0 Å². The monoisotopic (exact) mass is 408 g/mol. The van der Waals surface area contributed by atoms with Crippen molar-refractivity contribution in [2.45, 2.75) is 77.4 Å². The molecule has 9 heteroatoms. The molecule has 1 amide bonds. The third-order valence-corrected chi connectivity index (χ3v) is 4.62. The topological polar surface area (TPSA) is 109 Å². The highest BCUT2D eigenvalue weighted by Gasteiger charge is 2.36. The Morgan fingerprint density at radius 1 is 1.34 bits per heavy atom. The molecule has 0 bridgehead atoms. The van der Waals surface area contributed by atoms with Gasteiger partial charge in [-0.1, -0.05) is 0 Å². The van der Waals surface area contributed by atoms with Gasteiger partial charge in [-0.05, 0) is 59.1 Å². The van der Waals surface area contributed by atoms with Crippen LogP contribution < -0.4 is 14.8 Å². The summed E-state index contributed by atoms with van der Waals surface area (Å²) in [6, 6.07) is 3.00. The lowest BCUT2D eigenvalue weighted by Crippen LogP contribution is -2.52. The number of benzene rings is 1. The van der Waals surface area contributed by atoms with E-state index in [1.54, 1.807) is 26.8 Å². The molecule has 3 rings (SSSR count). The van der Waals surface area contributed by atoms with E-state index in [4.69, 9.17) is 18.9 Å². The number of rotatable bonds is 5. The van der Waals surface area contributed by atoms with Crippen molar-refractivity contribution in [3.05, 3.63) is 27.8 Å². The third-order valence-electron chi connectivity index (χ3n) is 4.62. The van der Waals surface area contributed by atoms with Crippen LogP contribution in [-0.2, 0) is 16.1 Å². The smallest absolute Gasteiger partial charge is 0.407 e. The Morgan fingerprint density at radius 3 is 2.66 bits per heavy atom. The maximum atomic E-state index is 11.9. The van der Waals surface area contributed by atoms with Gasteiger partial charge < -0.3 is 24.3 Å². The fourth-order valence-electron chi connectivity index (χ4n) is 3.15. The summed E-state index contributed by atoms with van der Waals surface area (Å²) < 4.78 is 22.6. The first kappa shape index (κ1) is 21.2. The summed E-state index contributed by atoms with van der Waals surface area (Å²) in [5, 5.41) is 14.3. The van der Waals surface area contributed by atoms with Crippen LogP contribution in [0.4, 0.5) is 10.5 Å². The Kier molecular flexibility index (Phi) is 5.62. The molecule has 1 fully saturated rings. The highest BCUT2D eigenvalue weighted by atomic mass is 16.6. The van der Waals surface area contributed by atoms with Gasteiger partial charge in [-0.3, -0.25) is 10.1 Å². The normalized spacial score (nSPS) is 22.4. The van der Waals surface area contributed by atoms with Crippen molar-refractivity contribution in [2.75, 3.05) is 6.61 Å². The second-order valence-electron chi connectivity index (χ2n) is 9.03. The predicted octanol–water partition coefficient (Wildman–Crippen LogP) is 3.72. The number of hydrogen-bond donors (Lipinski definition) is 1. The molecule has 0 saturated heterocycles. The summed E-state index contributed by atoms with van der Waals surface area (Å²) >= 11 is 0. The number of fused-ring (bicyclic) bond motifs is 1. The van der Waals surface area contributed by atoms with Gasteiger partial charge in [0.2, 0.25) is 5.75 Å². The van der Waals surface area contributed by atoms with Crippen LogP contribution in [0.25, 0.3) is 0 Å². The number of carbonyl (C=O) groups excluding carboxylic acids is 1. The fraction of sp³-hybridized carbons (Fsp3) is 0.650. The minimum Gasteiger partial charge on any atom is -0.480 e. The van der Waals surface area contributed by atoms with E-state index in [1.807, 2.05) is 13.8 Å². The Bertz CT molecular complexity index is 801. The maximum absolute atomic E-state index is 11.9. The second-order valence-corrected chi connectivity index (χ2v) is 9.03. The van der Waals surface area contributed by atoms with Crippen molar-refractivity contribution in [3.63, 3.8) is 0 Å². The Balaban J connectivity index is 1.64. The molecular formula is C20H28N2O7. The molecular weight excluding hydrogens is 380 g/mol. The summed E-state index contributed by atoms with van der Waals surface area (Å²) in [5.41, 5.74) is -0.674. The maximum Gasteiger partial charge on any atom is 0.407 e. The number of ether oxygens (including phenoxy) is 4. The van der Waals surface area contributed by atoms with Gasteiger partial charge in [0, 0.05) is 6.07 Å². The summed E-state index contributed by atoms with van der Waals surface area (Å²) in [4.78, 5) is 22.9. The van der Waals surface area contributed by atoms with Gasteiger partial charge in [-0.25, -0.2) is 4.79 Å². The average Bonchev–Trinajstić information content (AvgIpc) is 2.55. The molecule has 1 aliphatic heterocycles. The van der Waals surface area contributed by atoms with Crippen LogP contribution in [0.1, 0.15) is 53.0 Å². The van der Waals surface area contributed by atoms with Crippen LogP contribution in [-0.4, -0.2) is 41.0 Å². The molecule has 1 saturated carbocycles. The van der Waals surface area contributed by atoms with Gasteiger partial charge in [-0.2, -0.15) is 0 Å². The van der Waals surface area contributed by atoms with E-state index in [-0.39, 0.29) is 36.8 Å². The first-order valence-electron chi connectivity index (χ1n) is 9.68. The lowest BCUT2D eigenvalue weighted by molar-refractivity contribution is -0.386. The van der Waals surface area contributed by atoms with Crippen molar-refractivity contribution in [1.82, 2.24) is 5.32 Å². The summed E-state index contributed by atoms with van der Waals surface area (Å²) in [7, 11) is 0. The molecule has 1 N–H and O–H groups in total. The molecule has 0 unspecified atom stereocenters. The SMILES string of the molecule is CC(C)(C)OC(=O)N[C@@H]1CC[C@H]1OCc1cc2c(c([N+](=O)[O-])c1)OCC(C)(C)O2. The van der Waals surface area contributed by atoms with Gasteiger partial charge >= 0.3 is 11.8 Å². The number of nitro benzene ring substituents is 1. The largest absolute Gasteiger partial charge is 0.480 e. The first-order valence-corrected chi connectivity index (χ1v) is 9.68. The zero-order chi connectivity index (χ0) is 21.4. The third kappa shape index (κ3) is 5.29. The standard InChI is InChI=1S/C20H28N2O7/c1-19(2,3)29-18(23)21-13-6-7-15(13)26-10-12-8-14(22(24)25)17-16(9-12)28-20(4,5)11-27-17/h8-9,13,15H,6-7,10-11H2,1-5H3,(H,21,23)/t13-,15-/m1/s1. The zero-order valence-electron chi connectivity index (χ0n) is 17.4. The summed E-state index contributed by atoms with van der Waals surface area (Å²) in [5.74, 6) is 0.484. The highest BCUT2D eigenvalue weighted by molar-refractivity contribution is 5.68. The number of nitro groups is 1. The Labute approximate surface area is 169 Å². The molecule has 160 valence electrons. The molecule has 0 radical (unpaired) electrons. The van der Waals surface area contributed by atoms with Gasteiger partial charge in [0.25, 0.3) is 0 Å². The second kappa shape index (κ2) is 7.70. The van der Waals surface area contributed by atoms with E-state index in [0.717, 1.165) is 12.8 Å². The van der Waals surface area contributed by atoms with Crippen molar-refractivity contribution >= 4 is 11.8 Å². The van der Waals surface area contributed by atoms with E-state index in [0.29, 0.717) is 11.3 Å². The summed E-state index contributed by atoms with van der Waals surface area (Å²) in [6.07, 6.45) is 0.929. The number of nitrogens with zero attached hydrogens (tertiary/aromatic N) is 1. The lowest BCUT2D eigenvalue weighted by atomic mass is 9.89. The zero-order valence-corrected chi connectivity index (χ0v) is 17.4. The lowest BCUT2D eigenvalue weighted by Gasteiger charge is -2.37. The number of nitrogens with one attached hydrogen (secondary N) is 1. The van der Waals surface area contributed by atoms with Gasteiger partial charge in [-0.15, -0.1) is 0 Å². The molecule has 1 aliphatic carbocycles. The number of carbonyl (C=O) groups is 1. The van der Waals surface area contributed by atoms with Crippen LogP contribution >= 0.6 is 0 Å². The Hall–Kier alpha value is -2.55. The van der Waals surface area contributed by atoms with E-state index in [1.165, 1.54) is 6.07 Å². The van der Waals surface area contributed by atoms with Gasteiger partial charge in [0.05, 0.1) is 23.7 Å². The quantitative estimate of drug-likeness (QED) is 0.584. The molecule has 1 aromatic rings.